The summed E-state index contributed by atoms with van der Waals surface area (Å²) in [6, 6.07) is 10.5. The van der Waals surface area contributed by atoms with Crippen LogP contribution in [-0.2, 0) is 0 Å². The van der Waals surface area contributed by atoms with Crippen molar-refractivity contribution >= 4 is 5.82 Å². The molecule has 5 heteroatoms. The molecule has 3 nitrogen and oxygen atoms in total. The Hall–Kier alpha value is -2.04. The normalized spacial score (nSPS) is 18.5. The van der Waals surface area contributed by atoms with Crippen LogP contribution in [-0.4, -0.2) is 29.0 Å². The van der Waals surface area contributed by atoms with E-state index >= 15 is 0 Å². The van der Waals surface area contributed by atoms with E-state index in [0.29, 0.717) is 24.6 Å². The predicted molar refractivity (Wildman–Crippen MR) is 69.2 cm³/mol. The van der Waals surface area contributed by atoms with Gasteiger partial charge in [-0.05, 0) is 12.5 Å². The third-order valence-electron chi connectivity index (χ3n) is 3.32. The number of halogens is 2. The minimum absolute atomic E-state index is 0.516. The van der Waals surface area contributed by atoms with Gasteiger partial charge in [-0.15, -0.1) is 0 Å². The van der Waals surface area contributed by atoms with Crippen LogP contribution in [0.4, 0.5) is 14.6 Å². The molecule has 1 aromatic heterocycles. The number of aromatic nitrogens is 2. The van der Waals surface area contributed by atoms with Crippen molar-refractivity contribution in [1.29, 1.82) is 0 Å². The smallest absolute Gasteiger partial charge is 0.258 e. The number of hydrogen-bond acceptors (Lipinski definition) is 3. The molecule has 0 amide bonds. The molecule has 19 heavy (non-hydrogen) atoms. The number of alkyl halides is 2. The van der Waals surface area contributed by atoms with E-state index in [1.54, 1.807) is 17.2 Å². The molecule has 0 saturated carbocycles. The second-order valence-electron chi connectivity index (χ2n) is 4.49. The highest BCUT2D eigenvalue weighted by Gasteiger charge is 2.36. The van der Waals surface area contributed by atoms with E-state index in [1.807, 2.05) is 30.3 Å². The Labute approximate surface area is 109 Å². The fourth-order valence-electron chi connectivity index (χ4n) is 2.19. The molecule has 1 aliphatic heterocycles. The highest BCUT2D eigenvalue weighted by Crippen LogP contribution is 2.29. The summed E-state index contributed by atoms with van der Waals surface area (Å²) in [5.41, 5.74) is 0.887. The molecule has 1 atom stereocenters. The summed E-state index contributed by atoms with van der Waals surface area (Å²) in [6.07, 6.45) is -0.197. The van der Waals surface area contributed by atoms with Gasteiger partial charge in [0.05, 0.1) is 6.04 Å². The molecule has 2 aromatic rings. The first-order valence-electron chi connectivity index (χ1n) is 6.19. The first kappa shape index (κ1) is 12.0. The van der Waals surface area contributed by atoms with Crippen molar-refractivity contribution in [3.63, 3.8) is 0 Å². The monoisotopic (exact) mass is 261 g/mol. The second-order valence-corrected chi connectivity index (χ2v) is 4.49. The minimum atomic E-state index is -2.33. The van der Waals surface area contributed by atoms with Gasteiger partial charge in [0.2, 0.25) is 0 Å². The molecule has 1 saturated heterocycles. The number of hydrogen-bond donors (Lipinski definition) is 0. The average molecular weight is 261 g/mol. The summed E-state index contributed by atoms with van der Waals surface area (Å²) < 4.78 is 25.5. The quantitative estimate of drug-likeness (QED) is 0.850. The molecule has 0 bridgehead atoms. The van der Waals surface area contributed by atoms with Gasteiger partial charge in [-0.3, -0.25) is 0 Å². The number of anilines is 1. The lowest BCUT2D eigenvalue weighted by Crippen LogP contribution is -2.52. The number of nitrogens with zero attached hydrogens (tertiary/aromatic N) is 3. The van der Waals surface area contributed by atoms with E-state index < -0.39 is 12.5 Å². The average Bonchev–Trinajstić information content (AvgIpc) is 2.38. The largest absolute Gasteiger partial charge is 0.348 e. The summed E-state index contributed by atoms with van der Waals surface area (Å²) >= 11 is 0. The van der Waals surface area contributed by atoms with Gasteiger partial charge < -0.3 is 4.90 Å². The minimum Gasteiger partial charge on any atom is -0.348 e. The van der Waals surface area contributed by atoms with Crippen molar-refractivity contribution in [3.8, 4) is 11.4 Å². The Morgan fingerprint density at radius 3 is 2.58 bits per heavy atom. The SMILES string of the molecule is FC(F)[C@@H]1CCN1c1ccnc(-c2ccccc2)n1. The van der Waals surface area contributed by atoms with E-state index in [0.717, 1.165) is 5.56 Å². The van der Waals surface area contributed by atoms with Crippen molar-refractivity contribution in [3.05, 3.63) is 42.6 Å². The Bertz CT molecular complexity index is 560. The fourth-order valence-corrected chi connectivity index (χ4v) is 2.19. The molecule has 2 heterocycles. The summed E-state index contributed by atoms with van der Waals surface area (Å²) in [4.78, 5) is 10.2. The Kier molecular flexibility index (Phi) is 3.11. The van der Waals surface area contributed by atoms with Crippen LogP contribution in [0.3, 0.4) is 0 Å². The molecular formula is C14H13F2N3. The molecule has 3 rings (SSSR count). The van der Waals surface area contributed by atoms with Crippen LogP contribution < -0.4 is 4.90 Å². The summed E-state index contributed by atoms with van der Waals surface area (Å²) in [6.45, 7) is 0.625. The summed E-state index contributed by atoms with van der Waals surface area (Å²) in [7, 11) is 0. The lowest BCUT2D eigenvalue weighted by molar-refractivity contribution is 0.0872. The maximum atomic E-state index is 12.8. The number of rotatable bonds is 3. The molecular weight excluding hydrogens is 248 g/mol. The molecule has 0 N–H and O–H groups in total. The Morgan fingerprint density at radius 2 is 1.95 bits per heavy atom. The van der Waals surface area contributed by atoms with Gasteiger partial charge in [-0.1, -0.05) is 30.3 Å². The molecule has 1 fully saturated rings. The molecule has 1 aromatic carbocycles. The van der Waals surface area contributed by atoms with Gasteiger partial charge in [-0.2, -0.15) is 0 Å². The van der Waals surface area contributed by atoms with Gasteiger partial charge in [0.1, 0.15) is 5.82 Å². The van der Waals surface area contributed by atoms with Crippen LogP contribution in [0.2, 0.25) is 0 Å². The highest BCUT2D eigenvalue weighted by atomic mass is 19.3. The van der Waals surface area contributed by atoms with E-state index in [4.69, 9.17) is 0 Å². The summed E-state index contributed by atoms with van der Waals surface area (Å²) in [5, 5.41) is 0. The van der Waals surface area contributed by atoms with Crippen LogP contribution >= 0.6 is 0 Å². The van der Waals surface area contributed by atoms with Gasteiger partial charge in [0.15, 0.2) is 5.82 Å². The fraction of sp³-hybridized carbons (Fsp3) is 0.286. The van der Waals surface area contributed by atoms with Crippen molar-refractivity contribution in [2.75, 3.05) is 11.4 Å². The predicted octanol–water partition coefficient (Wildman–Crippen LogP) is 2.99. The molecule has 0 spiro atoms. The topological polar surface area (TPSA) is 29.0 Å². The molecule has 98 valence electrons. The molecule has 0 unspecified atom stereocenters. The van der Waals surface area contributed by atoms with Crippen LogP contribution in [0.25, 0.3) is 11.4 Å². The van der Waals surface area contributed by atoms with Gasteiger partial charge in [-0.25, -0.2) is 18.7 Å². The van der Waals surface area contributed by atoms with Gasteiger partial charge >= 0.3 is 0 Å². The lowest BCUT2D eigenvalue weighted by atomic mass is 10.0. The lowest BCUT2D eigenvalue weighted by Gasteiger charge is -2.41. The second kappa shape index (κ2) is 4.91. The summed E-state index contributed by atoms with van der Waals surface area (Å²) in [5.74, 6) is 1.14. The van der Waals surface area contributed by atoms with E-state index in [1.165, 1.54) is 0 Å². The van der Waals surface area contributed by atoms with Crippen LogP contribution in [0.1, 0.15) is 6.42 Å². The Balaban J connectivity index is 1.89. The molecule has 0 aliphatic carbocycles. The van der Waals surface area contributed by atoms with Gasteiger partial charge in [0, 0.05) is 18.3 Å². The molecule has 0 radical (unpaired) electrons. The van der Waals surface area contributed by atoms with Crippen molar-refractivity contribution < 1.29 is 8.78 Å². The van der Waals surface area contributed by atoms with Crippen LogP contribution in [0, 0.1) is 0 Å². The zero-order valence-electron chi connectivity index (χ0n) is 10.2. The van der Waals surface area contributed by atoms with Crippen molar-refractivity contribution in [2.45, 2.75) is 18.9 Å². The van der Waals surface area contributed by atoms with E-state index in [-0.39, 0.29) is 0 Å². The van der Waals surface area contributed by atoms with Crippen molar-refractivity contribution in [2.24, 2.45) is 0 Å². The standard InChI is InChI=1S/C14H13F2N3/c15-13(16)11-7-9-19(11)12-6-8-17-14(18-12)10-4-2-1-3-5-10/h1-6,8,11,13H,7,9H2/t11-/m0/s1. The van der Waals surface area contributed by atoms with Crippen LogP contribution in [0.5, 0.6) is 0 Å². The third-order valence-corrected chi connectivity index (χ3v) is 3.32. The first-order chi connectivity index (χ1) is 9.25. The number of benzene rings is 1. The molecule has 1 aliphatic rings. The maximum Gasteiger partial charge on any atom is 0.258 e. The van der Waals surface area contributed by atoms with E-state index in [9.17, 15) is 8.78 Å². The Morgan fingerprint density at radius 1 is 1.16 bits per heavy atom. The van der Waals surface area contributed by atoms with Gasteiger partial charge in [0.25, 0.3) is 6.43 Å². The first-order valence-corrected chi connectivity index (χ1v) is 6.19. The zero-order chi connectivity index (χ0) is 13.2. The van der Waals surface area contributed by atoms with Crippen LogP contribution in [0.15, 0.2) is 42.6 Å². The third kappa shape index (κ3) is 2.28. The zero-order valence-corrected chi connectivity index (χ0v) is 10.2. The van der Waals surface area contributed by atoms with E-state index in [2.05, 4.69) is 9.97 Å². The van der Waals surface area contributed by atoms with Crippen molar-refractivity contribution in [1.82, 2.24) is 9.97 Å². The highest BCUT2D eigenvalue weighted by molar-refractivity contribution is 5.57. The maximum absolute atomic E-state index is 12.8.